The third kappa shape index (κ3) is 5.51. The van der Waals surface area contributed by atoms with Crippen LogP contribution in [0.1, 0.15) is 47.2 Å². The van der Waals surface area contributed by atoms with Crippen LogP contribution in [0.5, 0.6) is 11.5 Å². The minimum atomic E-state index is -4.50. The molecular formula is C23H22BrF3N2O3. The maximum absolute atomic E-state index is 13.4. The van der Waals surface area contributed by atoms with Crippen LogP contribution in [-0.4, -0.2) is 23.1 Å². The molecule has 1 atom stereocenters. The molecule has 170 valence electrons. The number of nitrogens with one attached hydrogen (secondary N) is 1. The minimum absolute atomic E-state index is 0.00954. The number of methoxy groups -OCH3 is 1. The lowest BCUT2D eigenvalue weighted by Crippen LogP contribution is -2.11. The number of hydrogen-bond donors (Lipinski definition) is 1. The lowest BCUT2D eigenvalue weighted by molar-refractivity contribution is -0.138. The highest BCUT2D eigenvalue weighted by Crippen LogP contribution is 2.38. The molecule has 0 fully saturated rings. The van der Waals surface area contributed by atoms with E-state index >= 15 is 0 Å². The molecule has 2 aromatic carbocycles. The van der Waals surface area contributed by atoms with Gasteiger partial charge in [-0.2, -0.15) is 18.3 Å². The van der Waals surface area contributed by atoms with Crippen molar-refractivity contribution >= 4 is 21.7 Å². The number of benzene rings is 2. The summed E-state index contributed by atoms with van der Waals surface area (Å²) in [5.74, 6) is 0.447. The molecule has 0 aliphatic heterocycles. The Morgan fingerprint density at radius 3 is 2.53 bits per heavy atom. The number of H-pyrrole nitrogens is 1. The molecule has 1 heterocycles. The van der Waals surface area contributed by atoms with Gasteiger partial charge >= 0.3 is 6.18 Å². The molecule has 0 aliphatic rings. The normalized spacial score (nSPS) is 12.5. The molecule has 0 aliphatic carbocycles. The van der Waals surface area contributed by atoms with E-state index in [2.05, 4.69) is 26.1 Å². The third-order valence-electron chi connectivity index (χ3n) is 5.09. The Balaban J connectivity index is 1.89. The summed E-state index contributed by atoms with van der Waals surface area (Å²) in [4.78, 5) is 11.9. The highest BCUT2D eigenvalue weighted by Gasteiger charge is 2.33. The van der Waals surface area contributed by atoms with Crippen molar-refractivity contribution in [3.8, 4) is 11.5 Å². The van der Waals surface area contributed by atoms with E-state index in [4.69, 9.17) is 9.47 Å². The minimum Gasteiger partial charge on any atom is -0.493 e. The van der Waals surface area contributed by atoms with Crippen LogP contribution in [0.2, 0.25) is 0 Å². The molecule has 9 heteroatoms. The molecule has 3 aromatic rings. The van der Waals surface area contributed by atoms with Crippen molar-refractivity contribution < 1.29 is 27.4 Å². The Kier molecular flexibility index (Phi) is 7.28. The van der Waals surface area contributed by atoms with Crippen LogP contribution in [0.4, 0.5) is 13.2 Å². The number of ketones is 1. The second-order valence-corrected chi connectivity index (χ2v) is 8.32. The van der Waals surface area contributed by atoms with Crippen molar-refractivity contribution in [3.05, 3.63) is 75.0 Å². The van der Waals surface area contributed by atoms with E-state index in [1.165, 1.54) is 26.2 Å². The molecule has 0 saturated carbocycles. The molecule has 0 bridgehead atoms. The molecule has 0 spiro atoms. The number of rotatable bonds is 8. The Morgan fingerprint density at radius 2 is 1.94 bits per heavy atom. The van der Waals surface area contributed by atoms with E-state index in [-0.39, 0.29) is 30.3 Å². The summed E-state index contributed by atoms with van der Waals surface area (Å²) >= 11 is 3.08. The van der Waals surface area contributed by atoms with Crippen molar-refractivity contribution in [2.75, 3.05) is 7.11 Å². The van der Waals surface area contributed by atoms with Crippen molar-refractivity contribution in [2.24, 2.45) is 0 Å². The molecule has 0 radical (unpaired) electrons. The predicted octanol–water partition coefficient (Wildman–Crippen LogP) is 6.20. The summed E-state index contributed by atoms with van der Waals surface area (Å²) in [5, 5.41) is 6.92. The van der Waals surface area contributed by atoms with Crippen molar-refractivity contribution in [1.82, 2.24) is 10.2 Å². The van der Waals surface area contributed by atoms with Gasteiger partial charge in [-0.05, 0) is 43.7 Å². The van der Waals surface area contributed by atoms with Gasteiger partial charge in [0.25, 0.3) is 0 Å². The molecule has 5 nitrogen and oxygen atoms in total. The first-order valence-corrected chi connectivity index (χ1v) is 10.5. The fourth-order valence-corrected chi connectivity index (χ4v) is 3.88. The quantitative estimate of drug-likeness (QED) is 0.391. The number of aromatic nitrogens is 2. The zero-order chi connectivity index (χ0) is 23.5. The van der Waals surface area contributed by atoms with Gasteiger partial charge in [0.15, 0.2) is 11.5 Å². The molecule has 0 amide bonds. The smallest absolute Gasteiger partial charge is 0.416 e. The zero-order valence-electron chi connectivity index (χ0n) is 17.7. The first-order chi connectivity index (χ1) is 15.1. The molecular weight excluding hydrogens is 489 g/mol. The average Bonchev–Trinajstić information content (AvgIpc) is 3.15. The van der Waals surface area contributed by atoms with Gasteiger partial charge in [0.2, 0.25) is 0 Å². The number of nitrogens with zero attached hydrogens (tertiary/aromatic N) is 1. The number of hydrogen-bond acceptors (Lipinski definition) is 4. The largest absolute Gasteiger partial charge is 0.493 e. The Labute approximate surface area is 192 Å². The van der Waals surface area contributed by atoms with Gasteiger partial charge in [-0.25, -0.2) is 0 Å². The van der Waals surface area contributed by atoms with Gasteiger partial charge in [0.05, 0.1) is 18.9 Å². The highest BCUT2D eigenvalue weighted by atomic mass is 79.9. The first-order valence-electron chi connectivity index (χ1n) is 9.75. The number of aromatic amines is 1. The van der Waals surface area contributed by atoms with Crippen molar-refractivity contribution in [2.45, 2.75) is 39.0 Å². The zero-order valence-corrected chi connectivity index (χ0v) is 19.3. The standard InChI is InChI=1S/C23H22BrF3N2O3/c1-13(30)8-18(19-11-28-29-14(19)2)15-5-7-21(22(9-15)31-3)32-12-16-4-6-17(24)10-20(16)23(25,26)27/h4-7,9-11,18H,8,12H2,1-3H3,(H,28,29). The Hall–Kier alpha value is -2.81. The van der Waals surface area contributed by atoms with Crippen molar-refractivity contribution in [1.29, 1.82) is 0 Å². The van der Waals surface area contributed by atoms with Crippen LogP contribution in [0, 0.1) is 6.92 Å². The van der Waals surface area contributed by atoms with E-state index in [1.807, 2.05) is 6.92 Å². The predicted molar refractivity (Wildman–Crippen MR) is 117 cm³/mol. The van der Waals surface area contributed by atoms with Crippen LogP contribution in [0.3, 0.4) is 0 Å². The molecule has 0 saturated heterocycles. The van der Waals surface area contributed by atoms with Gasteiger partial charge < -0.3 is 9.47 Å². The lowest BCUT2D eigenvalue weighted by atomic mass is 9.87. The monoisotopic (exact) mass is 510 g/mol. The van der Waals surface area contributed by atoms with E-state index in [9.17, 15) is 18.0 Å². The fourth-order valence-electron chi connectivity index (χ4n) is 3.52. The topological polar surface area (TPSA) is 64.2 Å². The molecule has 1 N–H and O–H groups in total. The number of halogens is 4. The second-order valence-electron chi connectivity index (χ2n) is 7.41. The van der Waals surface area contributed by atoms with Crippen LogP contribution < -0.4 is 9.47 Å². The van der Waals surface area contributed by atoms with Gasteiger partial charge in [-0.1, -0.05) is 28.1 Å². The van der Waals surface area contributed by atoms with Gasteiger partial charge in [-0.15, -0.1) is 0 Å². The number of carbonyl (C=O) groups is 1. The molecule has 32 heavy (non-hydrogen) atoms. The van der Waals surface area contributed by atoms with Crippen LogP contribution in [-0.2, 0) is 17.6 Å². The first kappa shape index (κ1) is 23.8. The summed E-state index contributed by atoms with van der Waals surface area (Å²) in [5.41, 5.74) is 1.80. The molecule has 1 unspecified atom stereocenters. The summed E-state index contributed by atoms with van der Waals surface area (Å²) in [6, 6.07) is 9.10. The summed E-state index contributed by atoms with van der Waals surface area (Å²) < 4.78 is 51.6. The number of ether oxygens (including phenoxy) is 2. The van der Waals surface area contributed by atoms with Crippen molar-refractivity contribution in [3.63, 3.8) is 0 Å². The maximum Gasteiger partial charge on any atom is 0.416 e. The SMILES string of the molecule is COc1cc(C(CC(C)=O)c2cn[nH]c2C)ccc1OCc1ccc(Br)cc1C(F)(F)F. The summed E-state index contributed by atoms with van der Waals surface area (Å²) in [6.45, 7) is 3.11. The lowest BCUT2D eigenvalue weighted by Gasteiger charge is -2.19. The summed E-state index contributed by atoms with van der Waals surface area (Å²) in [6.07, 6.45) is -2.54. The highest BCUT2D eigenvalue weighted by molar-refractivity contribution is 9.10. The van der Waals surface area contributed by atoms with Gasteiger partial charge in [-0.3, -0.25) is 9.89 Å². The maximum atomic E-state index is 13.4. The van der Waals surface area contributed by atoms with Gasteiger partial charge in [0, 0.05) is 33.6 Å². The van der Waals surface area contributed by atoms with E-state index in [1.54, 1.807) is 24.4 Å². The Morgan fingerprint density at radius 1 is 1.19 bits per heavy atom. The summed E-state index contributed by atoms with van der Waals surface area (Å²) in [7, 11) is 1.45. The third-order valence-corrected chi connectivity index (χ3v) is 5.58. The van der Waals surface area contributed by atoms with E-state index < -0.39 is 11.7 Å². The van der Waals surface area contributed by atoms with Crippen LogP contribution >= 0.6 is 15.9 Å². The Bertz CT molecular complexity index is 1110. The molecule has 3 rings (SSSR count). The van der Waals surface area contributed by atoms with E-state index in [0.29, 0.717) is 16.0 Å². The van der Waals surface area contributed by atoms with Crippen LogP contribution in [0.15, 0.2) is 47.1 Å². The number of carbonyl (C=O) groups excluding carboxylic acids is 1. The number of aryl methyl sites for hydroxylation is 1. The fraction of sp³-hybridized carbons (Fsp3) is 0.304. The van der Waals surface area contributed by atoms with E-state index in [0.717, 1.165) is 22.9 Å². The molecule has 1 aromatic heterocycles. The number of Topliss-reactive ketones (excluding diaryl/α,β-unsaturated/α-hetero) is 1. The second kappa shape index (κ2) is 9.77. The van der Waals surface area contributed by atoms with Crippen LogP contribution in [0.25, 0.3) is 0 Å². The number of alkyl halides is 3. The van der Waals surface area contributed by atoms with Gasteiger partial charge in [0.1, 0.15) is 12.4 Å². The average molecular weight is 511 g/mol.